The van der Waals surface area contributed by atoms with Crippen molar-refractivity contribution in [3.05, 3.63) is 86.4 Å². The minimum Gasteiger partial charge on any atom is -0.347 e. The van der Waals surface area contributed by atoms with E-state index >= 15 is 8.78 Å². The lowest BCUT2D eigenvalue weighted by atomic mass is 9.84. The number of amides is 1. The van der Waals surface area contributed by atoms with E-state index in [4.69, 9.17) is 0 Å². The third-order valence-corrected chi connectivity index (χ3v) is 8.58. The van der Waals surface area contributed by atoms with Crippen molar-refractivity contribution in [1.82, 2.24) is 14.8 Å². The number of hydrogen-bond donors (Lipinski definition) is 1. The summed E-state index contributed by atoms with van der Waals surface area (Å²) >= 11 is 0. The molecule has 4 atom stereocenters. The van der Waals surface area contributed by atoms with E-state index in [1.807, 2.05) is 57.7 Å². The first-order valence-corrected chi connectivity index (χ1v) is 15.4. The van der Waals surface area contributed by atoms with Crippen LogP contribution in [0.1, 0.15) is 67.5 Å². The Bertz CT molecular complexity index is 1490. The first-order valence-electron chi connectivity index (χ1n) is 15.4. The van der Waals surface area contributed by atoms with Crippen molar-refractivity contribution in [2.24, 2.45) is 5.92 Å². The zero-order valence-electron chi connectivity index (χ0n) is 26.5. The average Bonchev–Trinajstić information content (AvgIpc) is 2.91. The molecule has 238 valence electrons. The number of aromatic nitrogens is 1. The summed E-state index contributed by atoms with van der Waals surface area (Å²) in [4.78, 5) is 41.6. The molecule has 1 N–H and O–H groups in total. The molecular formula is C35H44F3N3O3. The Kier molecular flexibility index (Phi) is 10.7. The molecule has 0 bridgehead atoms. The average molecular weight is 612 g/mol. The number of halogens is 3. The van der Waals surface area contributed by atoms with Gasteiger partial charge in [-0.2, -0.15) is 0 Å². The van der Waals surface area contributed by atoms with Crippen LogP contribution in [-0.4, -0.2) is 65.3 Å². The van der Waals surface area contributed by atoms with E-state index in [1.54, 1.807) is 12.3 Å². The van der Waals surface area contributed by atoms with Gasteiger partial charge in [0, 0.05) is 38.3 Å². The lowest BCUT2D eigenvalue weighted by molar-refractivity contribution is -0.125. The second-order valence-electron chi connectivity index (χ2n) is 12.8. The Morgan fingerprint density at radius 2 is 1.70 bits per heavy atom. The highest BCUT2D eigenvalue weighted by Crippen LogP contribution is 2.35. The maximum absolute atomic E-state index is 15.6. The molecule has 4 rings (SSSR count). The van der Waals surface area contributed by atoms with Crippen molar-refractivity contribution < 1.29 is 22.8 Å². The van der Waals surface area contributed by atoms with Crippen molar-refractivity contribution in [3.8, 4) is 0 Å². The van der Waals surface area contributed by atoms with Gasteiger partial charge in [-0.25, -0.2) is 13.2 Å². The van der Waals surface area contributed by atoms with Gasteiger partial charge >= 0.3 is 0 Å². The summed E-state index contributed by atoms with van der Waals surface area (Å²) in [5.41, 5.74) is 4.37. The predicted molar refractivity (Wildman–Crippen MR) is 168 cm³/mol. The molecule has 44 heavy (non-hydrogen) atoms. The lowest BCUT2D eigenvalue weighted by Gasteiger charge is -2.34. The third-order valence-electron chi connectivity index (χ3n) is 8.58. The van der Waals surface area contributed by atoms with Crippen LogP contribution in [-0.2, 0) is 16.0 Å². The second kappa shape index (κ2) is 14.1. The highest BCUT2D eigenvalue weighted by Gasteiger charge is 2.36. The molecular weight excluding hydrogens is 567 g/mol. The Morgan fingerprint density at radius 1 is 1.05 bits per heavy atom. The Morgan fingerprint density at radius 3 is 2.30 bits per heavy atom. The molecule has 1 aromatic heterocycles. The van der Waals surface area contributed by atoms with Crippen molar-refractivity contribution in [3.63, 3.8) is 0 Å². The zero-order chi connectivity index (χ0) is 32.3. The van der Waals surface area contributed by atoms with Gasteiger partial charge in [0.2, 0.25) is 5.91 Å². The van der Waals surface area contributed by atoms with E-state index in [1.165, 1.54) is 23.6 Å². The Labute approximate surface area is 258 Å². The van der Waals surface area contributed by atoms with Gasteiger partial charge in [0.15, 0.2) is 12.3 Å². The van der Waals surface area contributed by atoms with Gasteiger partial charge < -0.3 is 9.88 Å². The van der Waals surface area contributed by atoms with Gasteiger partial charge in [-0.15, -0.1) is 0 Å². The van der Waals surface area contributed by atoms with Gasteiger partial charge in [0.25, 0.3) is 5.56 Å². The number of hydrogen-bond acceptors (Lipinski definition) is 4. The van der Waals surface area contributed by atoms with Crippen LogP contribution < -0.4 is 10.9 Å². The summed E-state index contributed by atoms with van der Waals surface area (Å²) < 4.78 is 45.5. The summed E-state index contributed by atoms with van der Waals surface area (Å²) in [6, 6.07) is 5.14. The van der Waals surface area contributed by atoms with Crippen LogP contribution in [0.25, 0.3) is 5.57 Å². The van der Waals surface area contributed by atoms with Gasteiger partial charge in [0.1, 0.15) is 18.0 Å². The number of allylic oxidation sites excluding steroid dienone is 3. The van der Waals surface area contributed by atoms with E-state index in [-0.39, 0.29) is 29.3 Å². The first-order chi connectivity index (χ1) is 20.7. The van der Waals surface area contributed by atoms with Crippen molar-refractivity contribution in [1.29, 1.82) is 0 Å². The predicted octanol–water partition coefficient (Wildman–Crippen LogP) is 5.72. The monoisotopic (exact) mass is 611 g/mol. The fraction of sp³-hybridized carbons (Fsp3) is 0.514. The molecule has 1 amide bonds. The summed E-state index contributed by atoms with van der Waals surface area (Å²) in [5.74, 6) is -0.817. The maximum atomic E-state index is 15.6. The number of carbonyl (C=O) groups is 2. The zero-order valence-corrected chi connectivity index (χ0v) is 26.5. The topological polar surface area (TPSA) is 71.4 Å². The van der Waals surface area contributed by atoms with Crippen LogP contribution in [0.2, 0.25) is 0 Å². The molecule has 1 aromatic carbocycles. The molecule has 1 fully saturated rings. The van der Waals surface area contributed by atoms with Crippen molar-refractivity contribution >= 4 is 17.3 Å². The highest BCUT2D eigenvalue weighted by molar-refractivity contribution is 5.85. The van der Waals surface area contributed by atoms with Crippen molar-refractivity contribution in [2.75, 3.05) is 19.6 Å². The van der Waals surface area contributed by atoms with Crippen LogP contribution in [0.5, 0.6) is 0 Å². The number of Topliss-reactive ketones (excluding diaryl/α,β-unsaturated/α-hetero) is 1. The summed E-state index contributed by atoms with van der Waals surface area (Å²) in [7, 11) is 0. The molecule has 1 aliphatic heterocycles. The van der Waals surface area contributed by atoms with E-state index in [0.29, 0.717) is 38.0 Å². The number of ketones is 1. The summed E-state index contributed by atoms with van der Waals surface area (Å²) in [6.07, 6.45) is 0.354. The normalized spacial score (nSPS) is 20.5. The fourth-order valence-corrected chi connectivity index (χ4v) is 6.23. The Balaban J connectivity index is 1.67. The minimum absolute atomic E-state index is 0.0119. The molecule has 0 radical (unpaired) electrons. The van der Waals surface area contributed by atoms with E-state index in [2.05, 4.69) is 5.32 Å². The second-order valence-corrected chi connectivity index (χ2v) is 12.8. The number of carbonyl (C=O) groups excluding carboxylic acids is 2. The van der Waals surface area contributed by atoms with Gasteiger partial charge in [-0.1, -0.05) is 38.1 Å². The lowest BCUT2D eigenvalue weighted by Crippen LogP contribution is -2.49. The summed E-state index contributed by atoms with van der Waals surface area (Å²) in [5, 5.41) is 2.84. The summed E-state index contributed by atoms with van der Waals surface area (Å²) in [6.45, 7) is 12.2. The SMILES string of the molecule is CC(=O)C[C@H](NC(=O)[C@H](CC(C)C)n1cc(CCN2CC(F)C2)c(C)cc1=O)C1=CC(c2c(C)cccc2C)=CC(F)C1F. The molecule has 2 heterocycles. The van der Waals surface area contributed by atoms with Crippen LogP contribution in [0.4, 0.5) is 13.2 Å². The molecule has 6 nitrogen and oxygen atoms in total. The number of aryl methyl sites for hydroxylation is 3. The maximum Gasteiger partial charge on any atom is 0.251 e. The number of pyridine rings is 1. The molecule has 1 aliphatic carbocycles. The molecule has 1 saturated heterocycles. The van der Waals surface area contributed by atoms with Crippen LogP contribution in [0.15, 0.2) is 53.0 Å². The number of benzene rings is 1. The molecule has 0 spiro atoms. The molecule has 9 heteroatoms. The first kappa shape index (κ1) is 33.4. The minimum atomic E-state index is -2.05. The number of nitrogens with one attached hydrogen (secondary N) is 1. The standard InChI is InChI=1S/C35H44F3N3O3/c1-20(2)12-31(41-17-25(23(5)13-32(41)43)10-11-40-18-27(36)19-40)35(44)39-30(14-24(6)42)28-15-26(16-29(37)34(28)38)33-21(3)8-7-9-22(33)4/h7-9,13,15-17,20,27,29-31,34H,10-12,14,18-19H2,1-6H3,(H,39,44)/t29?,30-,31-,34?/m0/s1. The fourth-order valence-electron chi connectivity index (χ4n) is 6.23. The van der Waals surface area contributed by atoms with Gasteiger partial charge in [0.05, 0.1) is 6.04 Å². The number of alkyl halides is 3. The van der Waals surface area contributed by atoms with Crippen LogP contribution >= 0.6 is 0 Å². The number of likely N-dealkylation sites (tertiary alicyclic amines) is 1. The van der Waals surface area contributed by atoms with E-state index in [9.17, 15) is 18.8 Å². The quantitative estimate of drug-likeness (QED) is 0.333. The van der Waals surface area contributed by atoms with Gasteiger partial charge in [-0.3, -0.25) is 19.3 Å². The molecule has 2 aromatic rings. The van der Waals surface area contributed by atoms with Gasteiger partial charge in [-0.05, 0) is 91.5 Å². The number of nitrogens with zero attached hydrogens (tertiary/aromatic N) is 2. The van der Waals surface area contributed by atoms with Crippen LogP contribution in [0.3, 0.4) is 0 Å². The molecule has 0 saturated carbocycles. The largest absolute Gasteiger partial charge is 0.347 e. The van der Waals surface area contributed by atoms with Crippen LogP contribution in [0, 0.1) is 26.7 Å². The third kappa shape index (κ3) is 7.78. The molecule has 2 unspecified atom stereocenters. The highest BCUT2D eigenvalue weighted by atomic mass is 19.2. The van der Waals surface area contributed by atoms with E-state index < -0.39 is 36.5 Å². The smallest absolute Gasteiger partial charge is 0.251 e. The van der Waals surface area contributed by atoms with Crippen molar-refractivity contribution in [2.45, 2.75) is 91.4 Å². The number of rotatable bonds is 12. The molecule has 2 aliphatic rings. The Hall–Kier alpha value is -3.46. The van der Waals surface area contributed by atoms with E-state index in [0.717, 1.165) is 27.8 Å².